The third-order valence-electron chi connectivity index (χ3n) is 4.81. The molecule has 0 unspecified atom stereocenters. The zero-order valence-corrected chi connectivity index (χ0v) is 15.1. The average Bonchev–Trinajstić information content (AvgIpc) is 2.89. The molecule has 9 nitrogen and oxygen atoms in total. The highest BCUT2D eigenvalue weighted by molar-refractivity contribution is 7.91. The summed E-state index contributed by atoms with van der Waals surface area (Å²) < 4.78 is 30.5. The van der Waals surface area contributed by atoms with Gasteiger partial charge in [0.15, 0.2) is 9.84 Å². The maximum absolute atomic E-state index is 12.8. The van der Waals surface area contributed by atoms with Crippen LogP contribution in [0.5, 0.6) is 0 Å². The van der Waals surface area contributed by atoms with Crippen molar-refractivity contribution in [1.82, 2.24) is 19.6 Å². The number of aryl methyl sites for hydroxylation is 1. The maximum Gasteiger partial charge on any atom is 0.274 e. The van der Waals surface area contributed by atoms with Gasteiger partial charge in [0.05, 0.1) is 24.2 Å². The number of nitrogens with zero attached hydrogens (tertiary/aromatic N) is 4. The van der Waals surface area contributed by atoms with Gasteiger partial charge in [0.1, 0.15) is 5.69 Å². The van der Waals surface area contributed by atoms with Crippen LogP contribution in [0.3, 0.4) is 0 Å². The van der Waals surface area contributed by atoms with Gasteiger partial charge in [0.25, 0.3) is 11.5 Å². The number of hydrogen-bond donors (Lipinski definition) is 0. The molecule has 2 fully saturated rings. The van der Waals surface area contributed by atoms with Crippen molar-refractivity contribution in [1.29, 1.82) is 0 Å². The van der Waals surface area contributed by atoms with E-state index in [0.29, 0.717) is 26.2 Å². The average molecular weight is 370 g/mol. The van der Waals surface area contributed by atoms with E-state index in [-0.39, 0.29) is 34.7 Å². The molecule has 0 saturated carbocycles. The highest BCUT2D eigenvalue weighted by Gasteiger charge is 2.48. The number of ether oxygens (including phenoxy) is 1. The molecule has 2 saturated heterocycles. The summed E-state index contributed by atoms with van der Waals surface area (Å²) in [7, 11) is -0.120. The number of sulfone groups is 1. The highest BCUT2D eigenvalue weighted by Crippen LogP contribution is 2.27. The van der Waals surface area contributed by atoms with Crippen LogP contribution in [0, 0.1) is 0 Å². The van der Waals surface area contributed by atoms with Crippen molar-refractivity contribution in [2.75, 3.05) is 44.9 Å². The number of hydrogen-bond acceptors (Lipinski definition) is 7. The van der Waals surface area contributed by atoms with E-state index in [1.807, 2.05) is 0 Å². The van der Waals surface area contributed by atoms with Crippen molar-refractivity contribution in [2.24, 2.45) is 7.05 Å². The Hall–Kier alpha value is -1.78. The van der Waals surface area contributed by atoms with Gasteiger partial charge in [-0.3, -0.25) is 14.5 Å². The molecule has 2 aliphatic rings. The minimum atomic E-state index is -3.20. The second kappa shape index (κ2) is 6.85. The van der Waals surface area contributed by atoms with Gasteiger partial charge in [-0.2, -0.15) is 5.10 Å². The lowest BCUT2D eigenvalue weighted by Gasteiger charge is -2.43. The van der Waals surface area contributed by atoms with Gasteiger partial charge in [-0.15, -0.1) is 0 Å². The quantitative estimate of drug-likeness (QED) is 0.626. The van der Waals surface area contributed by atoms with Gasteiger partial charge in [0.2, 0.25) is 0 Å². The van der Waals surface area contributed by atoms with Crippen molar-refractivity contribution in [3.63, 3.8) is 0 Å². The molecule has 0 aromatic carbocycles. The van der Waals surface area contributed by atoms with E-state index in [0.717, 1.165) is 4.68 Å². The largest absolute Gasteiger partial charge is 0.383 e. The number of amides is 1. The molecular weight excluding hydrogens is 348 g/mol. The Labute approximate surface area is 146 Å². The van der Waals surface area contributed by atoms with Crippen molar-refractivity contribution < 1.29 is 17.9 Å². The van der Waals surface area contributed by atoms with Crippen LogP contribution in [0.4, 0.5) is 0 Å². The van der Waals surface area contributed by atoms with Crippen LogP contribution in [-0.4, -0.2) is 90.8 Å². The minimum absolute atomic E-state index is 0.0430. The predicted octanol–water partition coefficient (Wildman–Crippen LogP) is -1.65. The smallest absolute Gasteiger partial charge is 0.274 e. The molecule has 2 atom stereocenters. The first kappa shape index (κ1) is 18.0. The standard InChI is InChI=1S/C15H22N4O5S/c1-17-14(20)4-3-11(16-17)15(21)19-6-5-18(7-8-24-2)12-9-25(22,23)10-13(12)19/h3-4,12-13H,5-10H2,1-2H3/t12-,13+/m1/s1. The Morgan fingerprint density at radius 3 is 2.68 bits per heavy atom. The van der Waals surface area contributed by atoms with Crippen LogP contribution in [0.25, 0.3) is 0 Å². The Morgan fingerprint density at radius 1 is 1.28 bits per heavy atom. The lowest BCUT2D eigenvalue weighted by atomic mass is 10.0. The van der Waals surface area contributed by atoms with Crippen molar-refractivity contribution in [3.8, 4) is 0 Å². The van der Waals surface area contributed by atoms with Gasteiger partial charge >= 0.3 is 0 Å². The van der Waals surface area contributed by atoms with Crippen LogP contribution in [-0.2, 0) is 21.6 Å². The summed E-state index contributed by atoms with van der Waals surface area (Å²) in [6.07, 6.45) is 0. The Bertz CT molecular complexity index is 821. The van der Waals surface area contributed by atoms with Crippen LogP contribution < -0.4 is 5.56 Å². The first-order valence-corrected chi connectivity index (χ1v) is 9.93. The molecule has 0 radical (unpaired) electrons. The second-order valence-electron chi connectivity index (χ2n) is 6.42. The fraction of sp³-hybridized carbons (Fsp3) is 0.667. The molecular formula is C15H22N4O5S. The summed E-state index contributed by atoms with van der Waals surface area (Å²) in [5.41, 5.74) is -0.155. The Balaban J connectivity index is 1.86. The fourth-order valence-corrected chi connectivity index (χ4v) is 5.54. The topological polar surface area (TPSA) is 102 Å². The van der Waals surface area contributed by atoms with Crippen LogP contribution in [0.2, 0.25) is 0 Å². The molecule has 0 spiro atoms. The molecule has 2 aliphatic heterocycles. The van der Waals surface area contributed by atoms with E-state index < -0.39 is 15.9 Å². The van der Waals surface area contributed by atoms with Crippen molar-refractivity contribution in [3.05, 3.63) is 28.2 Å². The summed E-state index contributed by atoms with van der Waals surface area (Å²) in [6.45, 7) is 2.15. The molecule has 3 heterocycles. The number of methoxy groups -OCH3 is 1. The van der Waals surface area contributed by atoms with E-state index in [2.05, 4.69) is 10.00 Å². The summed E-state index contributed by atoms with van der Waals surface area (Å²) >= 11 is 0. The van der Waals surface area contributed by atoms with Gasteiger partial charge in [-0.1, -0.05) is 0 Å². The lowest BCUT2D eigenvalue weighted by Crippen LogP contribution is -2.61. The minimum Gasteiger partial charge on any atom is -0.383 e. The van der Waals surface area contributed by atoms with Gasteiger partial charge in [-0.25, -0.2) is 13.1 Å². The van der Waals surface area contributed by atoms with E-state index in [1.54, 1.807) is 12.0 Å². The number of carbonyl (C=O) groups excluding carboxylic acids is 1. The van der Waals surface area contributed by atoms with Crippen LogP contribution >= 0.6 is 0 Å². The molecule has 1 aromatic rings. The number of fused-ring (bicyclic) bond motifs is 1. The normalized spacial score (nSPS) is 25.8. The number of piperazine rings is 1. The summed E-state index contributed by atoms with van der Waals surface area (Å²) in [4.78, 5) is 28.0. The number of aromatic nitrogens is 2. The van der Waals surface area contributed by atoms with E-state index in [4.69, 9.17) is 4.74 Å². The lowest BCUT2D eigenvalue weighted by molar-refractivity contribution is 0.0242. The van der Waals surface area contributed by atoms with Gasteiger partial charge in [-0.05, 0) is 6.07 Å². The van der Waals surface area contributed by atoms with E-state index in [1.165, 1.54) is 19.2 Å². The zero-order valence-electron chi connectivity index (χ0n) is 14.3. The molecule has 1 aromatic heterocycles. The third kappa shape index (κ3) is 3.60. The predicted molar refractivity (Wildman–Crippen MR) is 90.2 cm³/mol. The molecule has 1 amide bonds. The van der Waals surface area contributed by atoms with E-state index >= 15 is 0 Å². The van der Waals surface area contributed by atoms with Gasteiger partial charge < -0.3 is 9.64 Å². The molecule has 3 rings (SSSR count). The van der Waals surface area contributed by atoms with Crippen molar-refractivity contribution in [2.45, 2.75) is 12.1 Å². The third-order valence-corrected chi connectivity index (χ3v) is 6.51. The highest BCUT2D eigenvalue weighted by atomic mass is 32.2. The first-order chi connectivity index (χ1) is 11.8. The number of rotatable bonds is 4. The fourth-order valence-electron chi connectivity index (χ4n) is 3.53. The van der Waals surface area contributed by atoms with Crippen molar-refractivity contribution >= 4 is 15.7 Å². The molecule has 0 N–H and O–H groups in total. The SMILES string of the molecule is COCCN1CCN(C(=O)c2ccc(=O)n(C)n2)[C@H]2CS(=O)(=O)C[C@H]21. The molecule has 0 aliphatic carbocycles. The Kier molecular flexibility index (Phi) is 4.94. The summed E-state index contributed by atoms with van der Waals surface area (Å²) in [6, 6.07) is 2.05. The molecule has 25 heavy (non-hydrogen) atoms. The maximum atomic E-state index is 12.8. The van der Waals surface area contributed by atoms with Crippen LogP contribution in [0.15, 0.2) is 16.9 Å². The van der Waals surface area contributed by atoms with Gasteiger partial charge in [0, 0.05) is 45.9 Å². The van der Waals surface area contributed by atoms with Crippen LogP contribution in [0.1, 0.15) is 10.5 Å². The second-order valence-corrected chi connectivity index (χ2v) is 8.57. The Morgan fingerprint density at radius 2 is 2.00 bits per heavy atom. The molecule has 0 bridgehead atoms. The zero-order chi connectivity index (χ0) is 18.2. The number of carbonyl (C=O) groups is 1. The molecule has 10 heteroatoms. The first-order valence-electron chi connectivity index (χ1n) is 8.11. The monoisotopic (exact) mass is 370 g/mol. The molecule has 138 valence electrons. The summed E-state index contributed by atoms with van der Waals surface area (Å²) in [5, 5.41) is 4.00. The van der Waals surface area contributed by atoms with E-state index in [9.17, 15) is 18.0 Å². The summed E-state index contributed by atoms with van der Waals surface area (Å²) in [5.74, 6) is -0.334.